The standard InChI is InChI=1S/C13H17ClN6O/c1-19-8-10(5-16-19)20-4-2-3-9(7-20)17-11-6-15-18-13(21)12(11)14/h5-6,8-9H,2-4,7H2,1H3,(H2,17,18,21). The van der Waals surface area contributed by atoms with Gasteiger partial charge in [-0.15, -0.1) is 0 Å². The number of aromatic amines is 1. The van der Waals surface area contributed by atoms with Crippen LogP contribution >= 0.6 is 11.6 Å². The highest BCUT2D eigenvalue weighted by Gasteiger charge is 2.22. The molecule has 8 heteroatoms. The Balaban J connectivity index is 1.71. The van der Waals surface area contributed by atoms with Crippen LogP contribution in [0.25, 0.3) is 0 Å². The molecule has 1 aliphatic rings. The van der Waals surface area contributed by atoms with Crippen molar-refractivity contribution in [1.82, 2.24) is 20.0 Å². The number of halogens is 1. The lowest BCUT2D eigenvalue weighted by Crippen LogP contribution is -2.42. The van der Waals surface area contributed by atoms with E-state index in [2.05, 4.69) is 25.5 Å². The third-order valence-corrected chi connectivity index (χ3v) is 4.01. The first kappa shape index (κ1) is 13.9. The van der Waals surface area contributed by atoms with Gasteiger partial charge in [0.1, 0.15) is 5.02 Å². The Morgan fingerprint density at radius 2 is 2.33 bits per heavy atom. The average molecular weight is 309 g/mol. The van der Waals surface area contributed by atoms with E-state index in [1.807, 2.05) is 19.4 Å². The molecule has 0 bridgehead atoms. The van der Waals surface area contributed by atoms with Crippen molar-refractivity contribution in [2.24, 2.45) is 7.05 Å². The third kappa shape index (κ3) is 3.02. The van der Waals surface area contributed by atoms with Gasteiger partial charge in [-0.2, -0.15) is 10.2 Å². The van der Waals surface area contributed by atoms with Gasteiger partial charge in [0.05, 0.1) is 23.8 Å². The fourth-order valence-electron chi connectivity index (χ4n) is 2.61. The Hall–Kier alpha value is -2.02. The summed E-state index contributed by atoms with van der Waals surface area (Å²) < 4.78 is 1.80. The lowest BCUT2D eigenvalue weighted by atomic mass is 10.1. The van der Waals surface area contributed by atoms with Gasteiger partial charge in [-0.1, -0.05) is 11.6 Å². The predicted octanol–water partition coefficient (Wildman–Crippen LogP) is 1.24. The summed E-state index contributed by atoms with van der Waals surface area (Å²) in [5.74, 6) is 0. The number of nitrogens with one attached hydrogen (secondary N) is 2. The van der Waals surface area contributed by atoms with Crippen LogP contribution < -0.4 is 15.8 Å². The molecule has 2 aromatic heterocycles. The quantitative estimate of drug-likeness (QED) is 0.892. The second kappa shape index (κ2) is 5.77. The van der Waals surface area contributed by atoms with E-state index < -0.39 is 0 Å². The maximum Gasteiger partial charge on any atom is 0.285 e. The monoisotopic (exact) mass is 308 g/mol. The zero-order valence-corrected chi connectivity index (χ0v) is 12.5. The maximum atomic E-state index is 11.5. The molecule has 0 radical (unpaired) electrons. The van der Waals surface area contributed by atoms with E-state index >= 15 is 0 Å². The summed E-state index contributed by atoms with van der Waals surface area (Å²) in [5, 5.41) is 13.8. The van der Waals surface area contributed by atoms with E-state index in [9.17, 15) is 4.79 Å². The zero-order chi connectivity index (χ0) is 14.8. The van der Waals surface area contributed by atoms with Gasteiger partial charge in [0.15, 0.2) is 0 Å². The van der Waals surface area contributed by atoms with Gasteiger partial charge >= 0.3 is 0 Å². The van der Waals surface area contributed by atoms with Crippen LogP contribution in [-0.4, -0.2) is 39.1 Å². The summed E-state index contributed by atoms with van der Waals surface area (Å²) >= 11 is 6.00. The summed E-state index contributed by atoms with van der Waals surface area (Å²) in [6.07, 6.45) is 7.52. The van der Waals surface area contributed by atoms with E-state index in [0.717, 1.165) is 31.6 Å². The highest BCUT2D eigenvalue weighted by Crippen LogP contribution is 2.23. The highest BCUT2D eigenvalue weighted by atomic mass is 35.5. The van der Waals surface area contributed by atoms with Crippen molar-refractivity contribution in [3.8, 4) is 0 Å². The van der Waals surface area contributed by atoms with E-state index in [4.69, 9.17) is 11.6 Å². The summed E-state index contributed by atoms with van der Waals surface area (Å²) in [7, 11) is 1.91. The number of piperidine rings is 1. The molecule has 2 aromatic rings. The summed E-state index contributed by atoms with van der Waals surface area (Å²) in [5.41, 5.74) is 1.32. The van der Waals surface area contributed by atoms with Crippen LogP contribution in [0.3, 0.4) is 0 Å². The second-order valence-electron chi connectivity index (χ2n) is 5.23. The molecule has 112 valence electrons. The molecule has 0 aromatic carbocycles. The van der Waals surface area contributed by atoms with Crippen LogP contribution in [0, 0.1) is 0 Å². The SMILES string of the molecule is Cn1cc(N2CCCC(Nc3cn[nH]c(=O)c3Cl)C2)cn1. The van der Waals surface area contributed by atoms with Crippen molar-refractivity contribution < 1.29 is 0 Å². The first-order valence-corrected chi connectivity index (χ1v) is 7.24. The lowest BCUT2D eigenvalue weighted by molar-refractivity contribution is 0.530. The minimum absolute atomic E-state index is 0.156. The van der Waals surface area contributed by atoms with Crippen LogP contribution in [-0.2, 0) is 7.05 Å². The van der Waals surface area contributed by atoms with Crippen molar-refractivity contribution in [3.63, 3.8) is 0 Å². The highest BCUT2D eigenvalue weighted by molar-refractivity contribution is 6.32. The third-order valence-electron chi connectivity index (χ3n) is 3.63. The molecule has 1 aliphatic heterocycles. The minimum atomic E-state index is -0.374. The fraction of sp³-hybridized carbons (Fsp3) is 0.462. The van der Waals surface area contributed by atoms with Crippen molar-refractivity contribution in [3.05, 3.63) is 34.0 Å². The van der Waals surface area contributed by atoms with Crippen LogP contribution in [0.4, 0.5) is 11.4 Å². The van der Waals surface area contributed by atoms with E-state index in [1.165, 1.54) is 0 Å². The predicted molar refractivity (Wildman–Crippen MR) is 81.9 cm³/mol. The van der Waals surface area contributed by atoms with E-state index in [-0.39, 0.29) is 16.6 Å². The van der Waals surface area contributed by atoms with E-state index in [1.54, 1.807) is 10.9 Å². The molecular formula is C13H17ClN6O. The number of hydrogen-bond acceptors (Lipinski definition) is 5. The number of hydrogen-bond donors (Lipinski definition) is 2. The zero-order valence-electron chi connectivity index (χ0n) is 11.7. The second-order valence-corrected chi connectivity index (χ2v) is 5.61. The maximum absolute atomic E-state index is 11.5. The Kier molecular flexibility index (Phi) is 3.83. The molecule has 3 heterocycles. The van der Waals surface area contributed by atoms with Gasteiger partial charge in [-0.25, -0.2) is 5.10 Å². The van der Waals surface area contributed by atoms with E-state index in [0.29, 0.717) is 5.69 Å². The summed E-state index contributed by atoms with van der Waals surface area (Å²) in [4.78, 5) is 13.7. The number of anilines is 2. The lowest BCUT2D eigenvalue weighted by Gasteiger charge is -2.34. The van der Waals surface area contributed by atoms with Crippen molar-refractivity contribution >= 4 is 23.0 Å². The molecule has 0 amide bonds. The molecule has 1 atom stereocenters. The van der Waals surface area contributed by atoms with Crippen molar-refractivity contribution in [2.45, 2.75) is 18.9 Å². The molecule has 1 saturated heterocycles. The number of aryl methyl sites for hydroxylation is 1. The Morgan fingerprint density at radius 1 is 1.48 bits per heavy atom. The normalized spacial score (nSPS) is 18.8. The Morgan fingerprint density at radius 3 is 3.10 bits per heavy atom. The first-order chi connectivity index (χ1) is 10.1. The molecule has 1 fully saturated rings. The van der Waals surface area contributed by atoms with Gasteiger partial charge in [-0.05, 0) is 12.8 Å². The largest absolute Gasteiger partial charge is 0.378 e. The molecular weight excluding hydrogens is 292 g/mol. The molecule has 0 saturated carbocycles. The Bertz CT molecular complexity index is 681. The van der Waals surface area contributed by atoms with Crippen molar-refractivity contribution in [2.75, 3.05) is 23.3 Å². The molecule has 7 nitrogen and oxygen atoms in total. The van der Waals surface area contributed by atoms with Crippen LogP contribution in [0.15, 0.2) is 23.4 Å². The smallest absolute Gasteiger partial charge is 0.285 e. The summed E-state index contributed by atoms with van der Waals surface area (Å²) in [6, 6.07) is 0.222. The van der Waals surface area contributed by atoms with Gasteiger partial charge in [0.25, 0.3) is 5.56 Å². The average Bonchev–Trinajstić information content (AvgIpc) is 2.91. The van der Waals surface area contributed by atoms with Gasteiger partial charge in [-0.3, -0.25) is 9.48 Å². The van der Waals surface area contributed by atoms with Gasteiger partial charge < -0.3 is 10.2 Å². The van der Waals surface area contributed by atoms with Gasteiger partial charge in [0.2, 0.25) is 0 Å². The molecule has 1 unspecified atom stereocenters. The number of aromatic nitrogens is 4. The summed E-state index contributed by atoms with van der Waals surface area (Å²) in [6.45, 7) is 1.85. The number of nitrogens with zero attached hydrogens (tertiary/aromatic N) is 4. The topological polar surface area (TPSA) is 78.8 Å². The van der Waals surface area contributed by atoms with Crippen LogP contribution in [0.5, 0.6) is 0 Å². The molecule has 3 rings (SSSR count). The minimum Gasteiger partial charge on any atom is -0.378 e. The first-order valence-electron chi connectivity index (χ1n) is 6.87. The Labute approximate surface area is 126 Å². The molecule has 21 heavy (non-hydrogen) atoms. The fourth-order valence-corrected chi connectivity index (χ4v) is 2.75. The van der Waals surface area contributed by atoms with Crippen LogP contribution in [0.2, 0.25) is 5.02 Å². The van der Waals surface area contributed by atoms with Crippen molar-refractivity contribution in [1.29, 1.82) is 0 Å². The molecule has 0 spiro atoms. The number of rotatable bonds is 3. The molecule has 0 aliphatic carbocycles. The van der Waals surface area contributed by atoms with Gasteiger partial charge in [0, 0.05) is 32.4 Å². The molecule has 2 N–H and O–H groups in total. The number of H-pyrrole nitrogens is 1. The van der Waals surface area contributed by atoms with Crippen LogP contribution in [0.1, 0.15) is 12.8 Å².